The first-order valence-electron chi connectivity index (χ1n) is 10.7. The van der Waals surface area contributed by atoms with Gasteiger partial charge in [0.2, 0.25) is 5.91 Å². The average Bonchev–Trinajstić information content (AvgIpc) is 3.21. The number of rotatable bonds is 8. The number of likely N-dealkylation sites (tertiary alicyclic amines) is 1. The number of hydrogen-bond acceptors (Lipinski definition) is 4. The number of carbonyl (C=O) groups is 1. The second-order valence-electron chi connectivity index (χ2n) is 7.52. The normalized spacial score (nSPS) is 15.2. The molecule has 0 spiro atoms. The average molecular weight is 539 g/mol. The Hall–Kier alpha value is -2.14. The summed E-state index contributed by atoms with van der Waals surface area (Å²) < 4.78 is 2.14. The Balaban J connectivity index is 0.00000341. The SMILES string of the molecule is CCNC(=NCc1nccn1Cc1ccccc1)NC1CCN(CC(=O)NC)CC1.I. The Labute approximate surface area is 201 Å². The van der Waals surface area contributed by atoms with Crippen LogP contribution >= 0.6 is 24.0 Å². The van der Waals surface area contributed by atoms with Gasteiger partial charge in [-0.1, -0.05) is 30.3 Å². The van der Waals surface area contributed by atoms with Gasteiger partial charge in [0.15, 0.2) is 5.96 Å². The number of nitrogens with zero attached hydrogens (tertiary/aromatic N) is 4. The van der Waals surface area contributed by atoms with E-state index in [9.17, 15) is 4.79 Å². The van der Waals surface area contributed by atoms with Gasteiger partial charge in [0.05, 0.1) is 6.54 Å². The molecule has 1 amide bonds. The maximum absolute atomic E-state index is 11.6. The van der Waals surface area contributed by atoms with Crippen molar-refractivity contribution in [1.29, 1.82) is 0 Å². The molecule has 0 saturated carbocycles. The predicted octanol–water partition coefficient (Wildman–Crippen LogP) is 1.81. The number of piperidine rings is 1. The summed E-state index contributed by atoms with van der Waals surface area (Å²) in [5, 5.41) is 9.58. The lowest BCUT2D eigenvalue weighted by molar-refractivity contribution is -0.122. The zero-order valence-corrected chi connectivity index (χ0v) is 20.7. The molecule has 0 radical (unpaired) electrons. The van der Waals surface area contributed by atoms with E-state index < -0.39 is 0 Å². The van der Waals surface area contributed by atoms with Crippen molar-refractivity contribution in [3.63, 3.8) is 0 Å². The first-order chi connectivity index (χ1) is 14.7. The zero-order valence-electron chi connectivity index (χ0n) is 18.4. The lowest BCUT2D eigenvalue weighted by Gasteiger charge is -2.32. The molecule has 9 heteroatoms. The number of guanidine groups is 1. The first-order valence-corrected chi connectivity index (χ1v) is 10.7. The molecule has 1 aliphatic rings. The summed E-state index contributed by atoms with van der Waals surface area (Å²) in [5.41, 5.74) is 1.24. The summed E-state index contributed by atoms with van der Waals surface area (Å²) in [7, 11) is 1.68. The molecule has 0 aliphatic carbocycles. The molecule has 3 rings (SSSR count). The van der Waals surface area contributed by atoms with Crippen molar-refractivity contribution >= 4 is 35.8 Å². The number of likely N-dealkylation sites (N-methyl/N-ethyl adjacent to an activating group) is 1. The maximum atomic E-state index is 11.6. The first kappa shape index (κ1) is 25.1. The third-order valence-corrected chi connectivity index (χ3v) is 5.29. The van der Waals surface area contributed by atoms with Gasteiger partial charge in [-0.15, -0.1) is 24.0 Å². The van der Waals surface area contributed by atoms with Gasteiger partial charge in [-0.05, 0) is 25.3 Å². The monoisotopic (exact) mass is 539 g/mol. The molecule has 1 aromatic carbocycles. The van der Waals surface area contributed by atoms with Crippen LogP contribution in [0.2, 0.25) is 0 Å². The molecule has 1 aliphatic heterocycles. The number of halogens is 1. The summed E-state index contributed by atoms with van der Waals surface area (Å²) >= 11 is 0. The van der Waals surface area contributed by atoms with E-state index in [1.54, 1.807) is 7.05 Å². The molecule has 0 bridgehead atoms. The minimum absolute atomic E-state index is 0. The number of imidazole rings is 1. The molecule has 170 valence electrons. The highest BCUT2D eigenvalue weighted by Gasteiger charge is 2.21. The van der Waals surface area contributed by atoms with E-state index in [-0.39, 0.29) is 29.9 Å². The minimum atomic E-state index is 0. The van der Waals surface area contributed by atoms with Crippen LogP contribution in [0.1, 0.15) is 31.2 Å². The van der Waals surface area contributed by atoms with Gasteiger partial charge in [0, 0.05) is 51.7 Å². The van der Waals surface area contributed by atoms with Gasteiger partial charge in [-0.3, -0.25) is 9.69 Å². The molecular weight excluding hydrogens is 505 g/mol. The highest BCUT2D eigenvalue weighted by atomic mass is 127. The van der Waals surface area contributed by atoms with Crippen LogP contribution in [0.15, 0.2) is 47.7 Å². The van der Waals surface area contributed by atoms with Crippen LogP contribution in [0.25, 0.3) is 0 Å². The second-order valence-corrected chi connectivity index (χ2v) is 7.52. The lowest BCUT2D eigenvalue weighted by atomic mass is 10.1. The number of aromatic nitrogens is 2. The number of amides is 1. The van der Waals surface area contributed by atoms with Crippen LogP contribution in [-0.4, -0.2) is 65.6 Å². The standard InChI is InChI=1S/C22H33N7O.HI/c1-3-24-22(27-19-9-12-28(13-10-19)17-21(30)23-2)26-15-20-25-11-14-29(20)16-18-7-5-4-6-8-18;/h4-8,11,14,19H,3,9-10,12-13,15-17H2,1-2H3,(H,23,30)(H2,24,26,27);1H. The summed E-state index contributed by atoms with van der Waals surface area (Å²) in [6.07, 6.45) is 5.81. The van der Waals surface area contributed by atoms with Gasteiger partial charge in [0.25, 0.3) is 0 Å². The smallest absolute Gasteiger partial charge is 0.233 e. The highest BCUT2D eigenvalue weighted by Crippen LogP contribution is 2.10. The number of nitrogens with one attached hydrogen (secondary N) is 3. The van der Waals surface area contributed by atoms with Crippen LogP contribution in [-0.2, 0) is 17.9 Å². The van der Waals surface area contributed by atoms with E-state index in [2.05, 4.69) is 61.6 Å². The van der Waals surface area contributed by atoms with Crippen molar-refractivity contribution in [1.82, 2.24) is 30.4 Å². The largest absolute Gasteiger partial charge is 0.358 e. The van der Waals surface area contributed by atoms with Crippen LogP contribution < -0.4 is 16.0 Å². The molecule has 0 unspecified atom stereocenters. The van der Waals surface area contributed by atoms with Crippen LogP contribution in [0.4, 0.5) is 0 Å². The molecular formula is C22H34IN7O. The number of aliphatic imine (C=N–C) groups is 1. The van der Waals surface area contributed by atoms with Gasteiger partial charge < -0.3 is 20.5 Å². The topological polar surface area (TPSA) is 86.6 Å². The highest BCUT2D eigenvalue weighted by molar-refractivity contribution is 14.0. The molecule has 8 nitrogen and oxygen atoms in total. The molecule has 31 heavy (non-hydrogen) atoms. The molecule has 1 saturated heterocycles. The summed E-state index contributed by atoms with van der Waals surface area (Å²) in [6.45, 7) is 6.48. The van der Waals surface area contributed by atoms with Crippen molar-refractivity contribution in [3.05, 3.63) is 54.1 Å². The molecule has 1 fully saturated rings. The Morgan fingerprint density at radius 3 is 2.65 bits per heavy atom. The lowest BCUT2D eigenvalue weighted by Crippen LogP contribution is -2.50. The maximum Gasteiger partial charge on any atom is 0.233 e. The fourth-order valence-electron chi connectivity index (χ4n) is 3.60. The molecule has 0 atom stereocenters. The van der Waals surface area contributed by atoms with E-state index >= 15 is 0 Å². The Morgan fingerprint density at radius 1 is 1.23 bits per heavy atom. The molecule has 3 N–H and O–H groups in total. The predicted molar refractivity (Wildman–Crippen MR) is 135 cm³/mol. The summed E-state index contributed by atoms with van der Waals surface area (Å²) in [5.74, 6) is 1.83. The summed E-state index contributed by atoms with van der Waals surface area (Å²) in [6, 6.07) is 10.7. The van der Waals surface area contributed by atoms with E-state index in [4.69, 9.17) is 4.99 Å². The van der Waals surface area contributed by atoms with Crippen LogP contribution in [0.5, 0.6) is 0 Å². The van der Waals surface area contributed by atoms with E-state index in [0.29, 0.717) is 19.1 Å². The quantitative estimate of drug-likeness (QED) is 0.271. The molecule has 2 aromatic rings. The third kappa shape index (κ3) is 8.13. The van der Waals surface area contributed by atoms with E-state index in [1.165, 1.54) is 5.56 Å². The number of carbonyl (C=O) groups excluding carboxylic acids is 1. The third-order valence-electron chi connectivity index (χ3n) is 5.29. The minimum Gasteiger partial charge on any atom is -0.358 e. The van der Waals surface area contributed by atoms with E-state index in [0.717, 1.165) is 50.8 Å². The Kier molecular flexibility index (Phi) is 10.8. The van der Waals surface area contributed by atoms with Crippen LogP contribution in [0, 0.1) is 0 Å². The second kappa shape index (κ2) is 13.3. The van der Waals surface area contributed by atoms with Gasteiger partial charge >= 0.3 is 0 Å². The fourth-order valence-corrected chi connectivity index (χ4v) is 3.60. The molecule has 2 heterocycles. The summed E-state index contributed by atoms with van der Waals surface area (Å²) in [4.78, 5) is 23.0. The van der Waals surface area contributed by atoms with Gasteiger partial charge in [0.1, 0.15) is 12.4 Å². The van der Waals surface area contributed by atoms with Crippen molar-refractivity contribution in [2.24, 2.45) is 4.99 Å². The van der Waals surface area contributed by atoms with Crippen molar-refractivity contribution in [3.8, 4) is 0 Å². The molecule has 1 aromatic heterocycles. The van der Waals surface area contributed by atoms with Crippen molar-refractivity contribution in [2.45, 2.75) is 38.9 Å². The fraction of sp³-hybridized carbons (Fsp3) is 0.500. The number of hydrogen-bond donors (Lipinski definition) is 3. The van der Waals surface area contributed by atoms with Crippen molar-refractivity contribution in [2.75, 3.05) is 33.2 Å². The Bertz CT molecular complexity index is 816. The Morgan fingerprint density at radius 2 is 1.97 bits per heavy atom. The van der Waals surface area contributed by atoms with Gasteiger partial charge in [-0.25, -0.2) is 9.98 Å². The van der Waals surface area contributed by atoms with E-state index in [1.807, 2.05) is 18.5 Å². The van der Waals surface area contributed by atoms with Gasteiger partial charge in [-0.2, -0.15) is 0 Å². The van der Waals surface area contributed by atoms with Crippen LogP contribution in [0.3, 0.4) is 0 Å². The number of benzene rings is 1. The zero-order chi connectivity index (χ0) is 21.2. The van der Waals surface area contributed by atoms with Crippen molar-refractivity contribution < 1.29 is 4.79 Å².